The van der Waals surface area contributed by atoms with Gasteiger partial charge in [-0.2, -0.15) is 12.7 Å². The molecule has 2 N–H and O–H groups in total. The number of carbonyl (C=O) groups excluding carboxylic acids is 1. The molecular formula is C14H23N3O4S. The van der Waals surface area contributed by atoms with Crippen molar-refractivity contribution in [2.24, 2.45) is 0 Å². The number of carbonyl (C=O) groups is 1. The van der Waals surface area contributed by atoms with Crippen molar-refractivity contribution in [3.8, 4) is 5.75 Å². The third-order valence-corrected chi connectivity index (χ3v) is 4.43. The minimum absolute atomic E-state index is 0.107. The predicted octanol–water partition coefficient (Wildman–Crippen LogP) is 0.194. The van der Waals surface area contributed by atoms with Crippen molar-refractivity contribution < 1.29 is 17.9 Å². The molecule has 0 saturated carbocycles. The number of ether oxygens (including phenoxy) is 1. The number of rotatable bonds is 8. The van der Waals surface area contributed by atoms with E-state index in [2.05, 4.69) is 10.0 Å². The van der Waals surface area contributed by atoms with Gasteiger partial charge in [-0.15, -0.1) is 0 Å². The maximum atomic E-state index is 11.6. The molecule has 0 atom stereocenters. The Labute approximate surface area is 131 Å². The van der Waals surface area contributed by atoms with Crippen molar-refractivity contribution in [3.05, 3.63) is 29.3 Å². The van der Waals surface area contributed by atoms with Crippen LogP contribution in [0.15, 0.2) is 18.2 Å². The number of benzene rings is 1. The van der Waals surface area contributed by atoms with E-state index in [4.69, 9.17) is 4.74 Å². The monoisotopic (exact) mass is 329 g/mol. The Kier molecular flexibility index (Phi) is 6.79. The first-order chi connectivity index (χ1) is 10.2. The minimum atomic E-state index is -3.46. The molecule has 0 aliphatic rings. The SMILES string of the molecule is Cc1ccc(OCC(=O)NCCNS(=O)(=O)N(C)C)c(C)c1. The molecule has 0 bridgehead atoms. The van der Waals surface area contributed by atoms with Crippen LogP contribution in [0.4, 0.5) is 0 Å². The van der Waals surface area contributed by atoms with Crippen molar-refractivity contribution in [1.29, 1.82) is 0 Å². The summed E-state index contributed by atoms with van der Waals surface area (Å²) >= 11 is 0. The van der Waals surface area contributed by atoms with Gasteiger partial charge in [-0.3, -0.25) is 4.79 Å². The van der Waals surface area contributed by atoms with Gasteiger partial charge in [-0.25, -0.2) is 4.72 Å². The second kappa shape index (κ2) is 8.11. The topological polar surface area (TPSA) is 87.7 Å². The lowest BCUT2D eigenvalue weighted by atomic mass is 10.1. The summed E-state index contributed by atoms with van der Waals surface area (Å²) in [4.78, 5) is 11.6. The first-order valence-corrected chi connectivity index (χ1v) is 8.30. The fourth-order valence-corrected chi connectivity index (χ4v) is 2.28. The van der Waals surface area contributed by atoms with Crippen molar-refractivity contribution in [2.75, 3.05) is 33.8 Å². The highest BCUT2D eigenvalue weighted by Gasteiger charge is 2.11. The van der Waals surface area contributed by atoms with Crippen LogP contribution in [0.25, 0.3) is 0 Å². The summed E-state index contributed by atoms with van der Waals surface area (Å²) in [5.41, 5.74) is 2.09. The van der Waals surface area contributed by atoms with E-state index in [1.54, 1.807) is 0 Å². The number of amides is 1. The van der Waals surface area contributed by atoms with Gasteiger partial charge < -0.3 is 10.1 Å². The van der Waals surface area contributed by atoms with Crippen LogP contribution in [-0.4, -0.2) is 52.4 Å². The summed E-state index contributed by atoms with van der Waals surface area (Å²) in [5, 5.41) is 2.59. The Morgan fingerprint density at radius 1 is 1.23 bits per heavy atom. The number of nitrogens with one attached hydrogen (secondary N) is 2. The molecule has 0 radical (unpaired) electrons. The van der Waals surface area contributed by atoms with Gasteiger partial charge in [0.1, 0.15) is 5.75 Å². The van der Waals surface area contributed by atoms with Crippen LogP contribution >= 0.6 is 0 Å². The van der Waals surface area contributed by atoms with E-state index < -0.39 is 10.2 Å². The van der Waals surface area contributed by atoms with E-state index in [1.165, 1.54) is 14.1 Å². The second-order valence-corrected chi connectivity index (χ2v) is 7.06. The normalized spacial score (nSPS) is 11.5. The van der Waals surface area contributed by atoms with Crippen LogP contribution in [0.2, 0.25) is 0 Å². The highest BCUT2D eigenvalue weighted by atomic mass is 32.2. The maximum Gasteiger partial charge on any atom is 0.278 e. The fourth-order valence-electron chi connectivity index (χ4n) is 1.67. The van der Waals surface area contributed by atoms with E-state index in [9.17, 15) is 13.2 Å². The molecular weight excluding hydrogens is 306 g/mol. The van der Waals surface area contributed by atoms with Gasteiger partial charge in [0, 0.05) is 27.2 Å². The summed E-state index contributed by atoms with van der Waals surface area (Å²) < 4.78 is 31.7. The third-order valence-electron chi connectivity index (χ3n) is 2.90. The summed E-state index contributed by atoms with van der Waals surface area (Å²) in [6.07, 6.45) is 0. The van der Waals surface area contributed by atoms with Crippen molar-refractivity contribution >= 4 is 16.1 Å². The Balaban J connectivity index is 2.30. The summed E-state index contributed by atoms with van der Waals surface area (Å²) in [6, 6.07) is 5.71. The zero-order chi connectivity index (χ0) is 16.8. The van der Waals surface area contributed by atoms with Crippen LogP contribution in [0, 0.1) is 13.8 Å². The van der Waals surface area contributed by atoms with Gasteiger partial charge >= 0.3 is 0 Å². The Morgan fingerprint density at radius 2 is 1.91 bits per heavy atom. The van der Waals surface area contributed by atoms with Crippen LogP contribution in [0.5, 0.6) is 5.75 Å². The molecule has 1 aromatic rings. The molecule has 0 spiro atoms. The molecule has 8 heteroatoms. The zero-order valence-electron chi connectivity index (χ0n) is 13.3. The molecule has 1 amide bonds. The highest BCUT2D eigenvalue weighted by Crippen LogP contribution is 2.18. The van der Waals surface area contributed by atoms with Crippen LogP contribution in [0.1, 0.15) is 11.1 Å². The number of nitrogens with zero attached hydrogens (tertiary/aromatic N) is 1. The Bertz CT molecular complexity index is 615. The quantitative estimate of drug-likeness (QED) is 0.667. The summed E-state index contributed by atoms with van der Waals surface area (Å²) in [6.45, 7) is 4.11. The molecule has 1 rings (SSSR count). The molecule has 0 aromatic heterocycles. The summed E-state index contributed by atoms with van der Waals surface area (Å²) in [7, 11) is -0.602. The molecule has 0 aliphatic heterocycles. The predicted molar refractivity (Wildman–Crippen MR) is 85.0 cm³/mol. The molecule has 124 valence electrons. The van der Waals surface area contributed by atoms with Crippen LogP contribution in [0.3, 0.4) is 0 Å². The molecule has 0 fully saturated rings. The van der Waals surface area contributed by atoms with Crippen LogP contribution in [-0.2, 0) is 15.0 Å². The van der Waals surface area contributed by atoms with E-state index in [0.717, 1.165) is 15.4 Å². The van der Waals surface area contributed by atoms with Crippen molar-refractivity contribution in [1.82, 2.24) is 14.3 Å². The van der Waals surface area contributed by atoms with Crippen molar-refractivity contribution in [3.63, 3.8) is 0 Å². The lowest BCUT2D eigenvalue weighted by Gasteiger charge is -2.13. The average Bonchev–Trinajstić information content (AvgIpc) is 2.42. The molecule has 0 aliphatic carbocycles. The second-order valence-electron chi connectivity index (χ2n) is 5.09. The zero-order valence-corrected chi connectivity index (χ0v) is 14.2. The van der Waals surface area contributed by atoms with E-state index >= 15 is 0 Å². The fraction of sp³-hybridized carbons (Fsp3) is 0.500. The lowest BCUT2D eigenvalue weighted by Crippen LogP contribution is -2.41. The maximum absolute atomic E-state index is 11.6. The summed E-state index contributed by atoms with van der Waals surface area (Å²) in [5.74, 6) is 0.359. The standard InChI is InChI=1S/C14H23N3O4S/c1-11-5-6-13(12(2)9-11)21-10-14(18)15-7-8-16-22(19,20)17(3)4/h5-6,9,16H,7-8,10H2,1-4H3,(H,15,18). The number of aryl methyl sites for hydroxylation is 2. The first-order valence-electron chi connectivity index (χ1n) is 6.86. The van der Waals surface area contributed by atoms with Crippen molar-refractivity contribution in [2.45, 2.75) is 13.8 Å². The lowest BCUT2D eigenvalue weighted by molar-refractivity contribution is -0.123. The van der Waals surface area contributed by atoms with E-state index in [0.29, 0.717) is 5.75 Å². The van der Waals surface area contributed by atoms with Gasteiger partial charge in [0.2, 0.25) is 0 Å². The molecule has 0 saturated heterocycles. The molecule has 22 heavy (non-hydrogen) atoms. The average molecular weight is 329 g/mol. The van der Waals surface area contributed by atoms with Gasteiger partial charge in [0.15, 0.2) is 6.61 Å². The minimum Gasteiger partial charge on any atom is -0.484 e. The van der Waals surface area contributed by atoms with Gasteiger partial charge in [0.05, 0.1) is 0 Å². The molecule has 1 aromatic carbocycles. The highest BCUT2D eigenvalue weighted by molar-refractivity contribution is 7.87. The molecule has 7 nitrogen and oxygen atoms in total. The van der Waals surface area contributed by atoms with Gasteiger partial charge in [0.25, 0.3) is 16.1 Å². The first kappa shape index (κ1) is 18.4. The molecule has 0 heterocycles. The van der Waals surface area contributed by atoms with E-state index in [1.807, 2.05) is 32.0 Å². The van der Waals surface area contributed by atoms with Crippen LogP contribution < -0.4 is 14.8 Å². The number of hydrogen-bond acceptors (Lipinski definition) is 4. The van der Waals surface area contributed by atoms with Gasteiger partial charge in [-0.1, -0.05) is 17.7 Å². The largest absolute Gasteiger partial charge is 0.484 e. The van der Waals surface area contributed by atoms with Gasteiger partial charge in [-0.05, 0) is 25.5 Å². The van der Waals surface area contributed by atoms with E-state index in [-0.39, 0.29) is 25.6 Å². The Morgan fingerprint density at radius 3 is 2.50 bits per heavy atom. The third kappa shape index (κ3) is 6.00. The Hall–Kier alpha value is -1.64. The smallest absolute Gasteiger partial charge is 0.278 e. The number of hydrogen-bond donors (Lipinski definition) is 2. The molecule has 0 unspecified atom stereocenters.